The van der Waals surface area contributed by atoms with Crippen molar-refractivity contribution in [3.05, 3.63) is 45.8 Å². The summed E-state index contributed by atoms with van der Waals surface area (Å²) in [5.74, 6) is -1.33. The summed E-state index contributed by atoms with van der Waals surface area (Å²) in [6.07, 6.45) is 0. The smallest absolute Gasteiger partial charge is 0.341 e. The second-order valence-corrected chi connectivity index (χ2v) is 6.25. The van der Waals surface area contributed by atoms with Gasteiger partial charge in [0, 0.05) is 0 Å². The van der Waals surface area contributed by atoms with Gasteiger partial charge in [-0.1, -0.05) is 12.1 Å². The van der Waals surface area contributed by atoms with Gasteiger partial charge >= 0.3 is 5.97 Å². The summed E-state index contributed by atoms with van der Waals surface area (Å²) in [5.41, 5.74) is 6.19. The number of esters is 1. The summed E-state index contributed by atoms with van der Waals surface area (Å²) in [7, 11) is 0. The average Bonchev–Trinajstić information content (AvgIpc) is 2.92. The van der Waals surface area contributed by atoms with Gasteiger partial charge in [0.2, 0.25) is 0 Å². The molecule has 1 aromatic heterocycles. The van der Waals surface area contributed by atoms with Crippen molar-refractivity contribution < 1.29 is 23.9 Å². The fourth-order valence-corrected chi connectivity index (χ4v) is 3.43. The van der Waals surface area contributed by atoms with E-state index in [9.17, 15) is 14.4 Å². The van der Waals surface area contributed by atoms with Crippen molar-refractivity contribution in [3.63, 3.8) is 0 Å². The van der Waals surface area contributed by atoms with Crippen LogP contribution < -0.4 is 15.8 Å². The molecule has 26 heavy (non-hydrogen) atoms. The molecule has 1 aromatic carbocycles. The maximum Gasteiger partial charge on any atom is 0.341 e. The zero-order chi connectivity index (χ0) is 19.3. The maximum atomic E-state index is 12.7. The van der Waals surface area contributed by atoms with Gasteiger partial charge in [0.25, 0.3) is 11.8 Å². The third-order valence-corrected chi connectivity index (χ3v) is 4.73. The van der Waals surface area contributed by atoms with Crippen LogP contribution in [-0.2, 0) is 4.74 Å². The predicted octanol–water partition coefficient (Wildman–Crippen LogP) is 2.98. The second-order valence-electron chi connectivity index (χ2n) is 5.23. The van der Waals surface area contributed by atoms with Crippen molar-refractivity contribution in [1.29, 1.82) is 0 Å². The Kier molecular flexibility index (Phi) is 6.35. The number of hydrogen-bond acceptors (Lipinski definition) is 6. The third kappa shape index (κ3) is 4.02. The molecule has 0 unspecified atom stereocenters. The van der Waals surface area contributed by atoms with Crippen LogP contribution in [0, 0.1) is 6.92 Å². The molecule has 2 amide bonds. The lowest BCUT2D eigenvalue weighted by atomic mass is 10.1. The summed E-state index contributed by atoms with van der Waals surface area (Å²) in [4.78, 5) is 36.8. The molecule has 3 N–H and O–H groups in total. The highest BCUT2D eigenvalue weighted by Gasteiger charge is 2.26. The highest BCUT2D eigenvalue weighted by atomic mass is 32.1. The molecule has 0 saturated carbocycles. The molecule has 0 spiro atoms. The lowest BCUT2D eigenvalue weighted by molar-refractivity contribution is 0.0527. The van der Waals surface area contributed by atoms with Crippen LogP contribution in [0.2, 0.25) is 0 Å². The lowest BCUT2D eigenvalue weighted by Crippen LogP contribution is -2.16. The second kappa shape index (κ2) is 8.48. The number of nitrogens with one attached hydrogen (secondary N) is 1. The molecule has 8 heteroatoms. The van der Waals surface area contributed by atoms with Crippen LogP contribution in [0.3, 0.4) is 0 Å². The van der Waals surface area contributed by atoms with Gasteiger partial charge in [-0.2, -0.15) is 0 Å². The molecule has 0 saturated heterocycles. The molecule has 7 nitrogen and oxygen atoms in total. The van der Waals surface area contributed by atoms with Gasteiger partial charge in [0.05, 0.1) is 29.2 Å². The number of para-hydroxylation sites is 1. The number of amides is 2. The summed E-state index contributed by atoms with van der Waals surface area (Å²) in [6, 6.07) is 6.75. The minimum Gasteiger partial charge on any atom is -0.493 e. The van der Waals surface area contributed by atoms with Crippen LogP contribution >= 0.6 is 11.3 Å². The van der Waals surface area contributed by atoms with Gasteiger partial charge in [0.1, 0.15) is 10.8 Å². The number of anilines is 1. The zero-order valence-corrected chi connectivity index (χ0v) is 15.6. The van der Waals surface area contributed by atoms with Gasteiger partial charge in [0.15, 0.2) is 0 Å². The molecule has 1 heterocycles. The Balaban J connectivity index is 2.42. The van der Waals surface area contributed by atoms with E-state index < -0.39 is 17.8 Å². The monoisotopic (exact) mass is 376 g/mol. The first kappa shape index (κ1) is 19.5. The molecule has 0 atom stereocenters. The van der Waals surface area contributed by atoms with Crippen LogP contribution in [0.4, 0.5) is 5.00 Å². The minimum atomic E-state index is -0.673. The Morgan fingerprint density at radius 3 is 2.46 bits per heavy atom. The first-order valence-corrected chi connectivity index (χ1v) is 8.85. The predicted molar refractivity (Wildman–Crippen MR) is 99.1 cm³/mol. The largest absolute Gasteiger partial charge is 0.493 e. The molecule has 2 rings (SSSR count). The first-order chi connectivity index (χ1) is 12.4. The highest BCUT2D eigenvalue weighted by Crippen LogP contribution is 2.34. The Labute approximate surface area is 155 Å². The minimum absolute atomic E-state index is 0.132. The van der Waals surface area contributed by atoms with Crippen molar-refractivity contribution in [2.45, 2.75) is 20.8 Å². The van der Waals surface area contributed by atoms with Crippen LogP contribution in [0.15, 0.2) is 24.3 Å². The number of thiophene rings is 1. The number of ether oxygens (including phenoxy) is 2. The fraction of sp³-hybridized carbons (Fsp3) is 0.278. The molecule has 0 aliphatic rings. The quantitative estimate of drug-likeness (QED) is 0.722. The molecule has 0 aliphatic carbocycles. The maximum absolute atomic E-state index is 12.7. The number of nitrogens with two attached hydrogens (primary N) is 1. The van der Waals surface area contributed by atoms with Gasteiger partial charge in [-0.05, 0) is 38.5 Å². The molecule has 0 aliphatic heterocycles. The number of carbonyl (C=O) groups excluding carboxylic acids is 3. The van der Waals surface area contributed by atoms with Crippen LogP contribution in [0.5, 0.6) is 5.75 Å². The van der Waals surface area contributed by atoms with Crippen molar-refractivity contribution >= 4 is 34.1 Å². The highest BCUT2D eigenvalue weighted by molar-refractivity contribution is 7.18. The molecule has 138 valence electrons. The molecule has 0 fully saturated rings. The summed E-state index contributed by atoms with van der Waals surface area (Å²) in [6.45, 7) is 5.65. The van der Waals surface area contributed by atoms with E-state index in [0.717, 1.165) is 11.3 Å². The average molecular weight is 376 g/mol. The van der Waals surface area contributed by atoms with Gasteiger partial charge in [-0.25, -0.2) is 4.79 Å². The van der Waals surface area contributed by atoms with Crippen molar-refractivity contribution in [2.24, 2.45) is 5.73 Å². The van der Waals surface area contributed by atoms with E-state index in [0.29, 0.717) is 23.5 Å². The van der Waals surface area contributed by atoms with Crippen LogP contribution in [0.25, 0.3) is 0 Å². The fourth-order valence-electron chi connectivity index (χ4n) is 2.39. The number of benzene rings is 1. The van der Waals surface area contributed by atoms with E-state index in [1.807, 2.05) is 6.92 Å². The number of primary amides is 1. The van der Waals surface area contributed by atoms with Crippen molar-refractivity contribution in [2.75, 3.05) is 18.5 Å². The number of hydrogen-bond donors (Lipinski definition) is 2. The number of carbonyl (C=O) groups is 3. The lowest BCUT2D eigenvalue weighted by Gasteiger charge is -2.10. The first-order valence-electron chi connectivity index (χ1n) is 8.04. The molecule has 0 bridgehead atoms. The summed E-state index contributed by atoms with van der Waals surface area (Å²) >= 11 is 0.942. The number of rotatable bonds is 7. The normalized spacial score (nSPS) is 10.3. The van der Waals surface area contributed by atoms with Crippen LogP contribution in [-0.4, -0.2) is 31.0 Å². The summed E-state index contributed by atoms with van der Waals surface area (Å²) < 4.78 is 10.5. The zero-order valence-electron chi connectivity index (χ0n) is 14.8. The van der Waals surface area contributed by atoms with Gasteiger partial charge in [-0.15, -0.1) is 11.3 Å². The van der Waals surface area contributed by atoms with E-state index in [1.54, 1.807) is 38.1 Å². The Hall–Kier alpha value is -2.87. The Morgan fingerprint density at radius 1 is 1.15 bits per heavy atom. The topological polar surface area (TPSA) is 108 Å². The molecule has 0 radical (unpaired) electrons. The standard InChI is InChI=1S/C18H20N2O5S/c1-4-24-12-9-7-6-8-11(12)16(22)20-17-13(18(23)25-5-2)10(3)14(26-17)15(19)21/h6-9H,4-5H2,1-3H3,(H2,19,21)(H,20,22). The van der Waals surface area contributed by atoms with Gasteiger partial charge < -0.3 is 20.5 Å². The molecule has 2 aromatic rings. The van der Waals surface area contributed by atoms with E-state index in [1.165, 1.54) is 0 Å². The molecular weight excluding hydrogens is 356 g/mol. The Morgan fingerprint density at radius 2 is 1.85 bits per heavy atom. The van der Waals surface area contributed by atoms with Crippen molar-refractivity contribution in [1.82, 2.24) is 0 Å². The van der Waals surface area contributed by atoms with E-state index in [4.69, 9.17) is 15.2 Å². The van der Waals surface area contributed by atoms with E-state index in [2.05, 4.69) is 5.32 Å². The van der Waals surface area contributed by atoms with Gasteiger partial charge in [-0.3, -0.25) is 9.59 Å². The van der Waals surface area contributed by atoms with E-state index in [-0.39, 0.29) is 22.0 Å². The summed E-state index contributed by atoms with van der Waals surface area (Å²) in [5, 5.41) is 2.89. The third-order valence-electron chi connectivity index (χ3n) is 3.51. The SMILES string of the molecule is CCOC(=O)c1c(NC(=O)c2ccccc2OCC)sc(C(N)=O)c1C. The van der Waals surface area contributed by atoms with Crippen molar-refractivity contribution in [3.8, 4) is 5.75 Å². The Bertz CT molecular complexity index is 844. The van der Waals surface area contributed by atoms with E-state index >= 15 is 0 Å². The van der Waals surface area contributed by atoms with Crippen LogP contribution in [0.1, 0.15) is 49.8 Å². The molecular formula is C18H20N2O5S.